The summed E-state index contributed by atoms with van der Waals surface area (Å²) in [6.07, 6.45) is -0.629. The van der Waals surface area contributed by atoms with E-state index in [1.807, 2.05) is 39.8 Å². The third-order valence-corrected chi connectivity index (χ3v) is 4.18. The molecule has 0 fully saturated rings. The van der Waals surface area contributed by atoms with Gasteiger partial charge in [0.2, 0.25) is 5.43 Å². The van der Waals surface area contributed by atoms with Crippen LogP contribution in [0.1, 0.15) is 26.3 Å². The number of nitrogens with one attached hydrogen (secondary N) is 1. The van der Waals surface area contributed by atoms with Crippen LogP contribution in [0.2, 0.25) is 0 Å². The first kappa shape index (κ1) is 18.4. The van der Waals surface area contributed by atoms with Gasteiger partial charge in [-0.1, -0.05) is 12.1 Å². The van der Waals surface area contributed by atoms with Crippen LogP contribution in [-0.4, -0.2) is 29.9 Å². The monoisotopic (exact) mass is 355 g/mol. The van der Waals surface area contributed by atoms with E-state index >= 15 is 0 Å². The second-order valence-electron chi connectivity index (χ2n) is 7.64. The lowest BCUT2D eigenvalue weighted by atomic mass is 10.1. The molecule has 5 heteroatoms. The minimum Gasteiger partial charge on any atom is -0.491 e. The van der Waals surface area contributed by atoms with Crippen molar-refractivity contribution in [2.24, 2.45) is 0 Å². The lowest BCUT2D eigenvalue weighted by Gasteiger charge is -2.22. The molecule has 0 spiro atoms. The molecule has 0 aliphatic rings. The quantitative estimate of drug-likeness (QED) is 0.687. The summed E-state index contributed by atoms with van der Waals surface area (Å²) in [6, 6.07) is 10.7. The van der Waals surface area contributed by atoms with Gasteiger partial charge in [-0.3, -0.25) is 4.79 Å². The highest BCUT2D eigenvalue weighted by atomic mass is 16.5. The minimum absolute atomic E-state index is 0.0501. The fraction of sp³-hybridized carbons (Fsp3) is 0.381. The second-order valence-corrected chi connectivity index (χ2v) is 7.64. The van der Waals surface area contributed by atoms with Gasteiger partial charge < -0.3 is 19.6 Å². The summed E-state index contributed by atoms with van der Waals surface area (Å²) in [4.78, 5) is 12.6. The third-order valence-electron chi connectivity index (χ3n) is 4.18. The number of fused-ring (bicyclic) bond motifs is 2. The Kier molecular flexibility index (Phi) is 5.03. The number of ether oxygens (including phenoxy) is 1. The number of β-amino-alcohol motifs (C(OH)–C–C–N with tert-alkyl or cyclic N) is 1. The van der Waals surface area contributed by atoms with E-state index in [1.165, 1.54) is 0 Å². The first-order chi connectivity index (χ1) is 12.2. The molecule has 0 radical (unpaired) electrons. The highest BCUT2D eigenvalue weighted by Crippen LogP contribution is 2.24. The summed E-state index contributed by atoms with van der Waals surface area (Å²) in [5.74, 6) is 0.559. The van der Waals surface area contributed by atoms with Crippen molar-refractivity contribution in [2.75, 3.05) is 13.2 Å². The van der Waals surface area contributed by atoms with Crippen LogP contribution in [0, 0.1) is 6.92 Å². The van der Waals surface area contributed by atoms with Crippen molar-refractivity contribution in [3.05, 3.63) is 52.2 Å². The van der Waals surface area contributed by atoms with Crippen molar-refractivity contribution in [2.45, 2.75) is 39.3 Å². The van der Waals surface area contributed by atoms with E-state index in [0.717, 1.165) is 5.56 Å². The molecule has 138 valence electrons. The number of benzene rings is 2. The van der Waals surface area contributed by atoms with Gasteiger partial charge in [-0.05, 0) is 51.5 Å². The van der Waals surface area contributed by atoms with Gasteiger partial charge in [0, 0.05) is 18.2 Å². The summed E-state index contributed by atoms with van der Waals surface area (Å²) in [5, 5.41) is 14.4. The fourth-order valence-corrected chi connectivity index (χ4v) is 2.76. The summed E-state index contributed by atoms with van der Waals surface area (Å²) in [6.45, 7) is 8.63. The Morgan fingerprint density at radius 1 is 1.19 bits per heavy atom. The third kappa shape index (κ3) is 4.06. The maximum atomic E-state index is 12.6. The molecule has 26 heavy (non-hydrogen) atoms. The number of rotatable bonds is 5. The molecule has 1 heterocycles. The maximum absolute atomic E-state index is 12.6. The van der Waals surface area contributed by atoms with Gasteiger partial charge in [0.25, 0.3) is 0 Å². The number of hydrogen-bond acceptors (Lipinski definition) is 5. The summed E-state index contributed by atoms with van der Waals surface area (Å²) in [5.41, 5.74) is 1.88. The van der Waals surface area contributed by atoms with E-state index in [4.69, 9.17) is 9.15 Å². The molecule has 0 aliphatic heterocycles. The molecule has 1 aromatic heterocycles. The molecule has 0 saturated carbocycles. The largest absolute Gasteiger partial charge is 0.491 e. The lowest BCUT2D eigenvalue weighted by Crippen LogP contribution is -2.42. The number of aryl methyl sites for hydroxylation is 1. The normalized spacial score (nSPS) is 13.3. The fourth-order valence-electron chi connectivity index (χ4n) is 2.76. The van der Waals surface area contributed by atoms with E-state index in [2.05, 4.69) is 5.32 Å². The number of para-hydroxylation sites is 1. The van der Waals surface area contributed by atoms with Crippen LogP contribution in [0.3, 0.4) is 0 Å². The lowest BCUT2D eigenvalue weighted by molar-refractivity contribution is 0.100. The van der Waals surface area contributed by atoms with Gasteiger partial charge in [0.05, 0.1) is 10.8 Å². The van der Waals surface area contributed by atoms with Gasteiger partial charge in [-0.25, -0.2) is 0 Å². The average molecular weight is 355 g/mol. The molecule has 0 aliphatic carbocycles. The van der Waals surface area contributed by atoms with Gasteiger partial charge in [-0.15, -0.1) is 0 Å². The molecule has 0 saturated heterocycles. The predicted octanol–water partition coefficient (Wildman–Crippen LogP) is 3.38. The van der Waals surface area contributed by atoms with Gasteiger partial charge in [0.1, 0.15) is 29.6 Å². The van der Waals surface area contributed by atoms with Crippen LogP contribution in [0.15, 0.2) is 45.6 Å². The average Bonchev–Trinajstić information content (AvgIpc) is 2.58. The van der Waals surface area contributed by atoms with Gasteiger partial charge in [0.15, 0.2) is 0 Å². The molecule has 0 bridgehead atoms. The molecule has 3 rings (SSSR count). The Balaban J connectivity index is 1.82. The van der Waals surface area contributed by atoms with Crippen LogP contribution in [0.25, 0.3) is 21.9 Å². The summed E-state index contributed by atoms with van der Waals surface area (Å²) < 4.78 is 11.6. The van der Waals surface area contributed by atoms with E-state index in [1.54, 1.807) is 24.3 Å². The number of aliphatic hydroxyl groups is 1. The molecule has 0 amide bonds. The van der Waals surface area contributed by atoms with Crippen molar-refractivity contribution in [3.8, 4) is 5.75 Å². The molecule has 1 atom stereocenters. The summed E-state index contributed by atoms with van der Waals surface area (Å²) >= 11 is 0. The second kappa shape index (κ2) is 7.09. The molecule has 2 aromatic carbocycles. The molecule has 2 N–H and O–H groups in total. The van der Waals surface area contributed by atoms with Gasteiger partial charge in [-0.2, -0.15) is 0 Å². The molecular weight excluding hydrogens is 330 g/mol. The Morgan fingerprint density at radius 2 is 1.96 bits per heavy atom. The molecule has 5 nitrogen and oxygen atoms in total. The van der Waals surface area contributed by atoms with E-state index < -0.39 is 6.10 Å². The van der Waals surface area contributed by atoms with E-state index in [-0.39, 0.29) is 17.6 Å². The first-order valence-electron chi connectivity index (χ1n) is 8.77. The standard InChI is InChI=1S/C21H25NO4/c1-13-6-5-7-17-19(24)16-9-8-15(10-18(16)26-20(13)17)25-12-14(23)11-22-21(2,3)4/h5-10,14,22-23H,11-12H2,1-4H3. The van der Waals surface area contributed by atoms with Crippen molar-refractivity contribution in [1.29, 1.82) is 0 Å². The molecule has 3 aromatic rings. The first-order valence-corrected chi connectivity index (χ1v) is 8.77. The van der Waals surface area contributed by atoms with Crippen molar-refractivity contribution >= 4 is 21.9 Å². The van der Waals surface area contributed by atoms with Crippen LogP contribution in [0.5, 0.6) is 5.75 Å². The summed E-state index contributed by atoms with van der Waals surface area (Å²) in [7, 11) is 0. The zero-order chi connectivity index (χ0) is 18.9. The zero-order valence-corrected chi connectivity index (χ0v) is 15.6. The van der Waals surface area contributed by atoms with E-state index in [9.17, 15) is 9.90 Å². The predicted molar refractivity (Wildman–Crippen MR) is 104 cm³/mol. The maximum Gasteiger partial charge on any atom is 0.200 e. The van der Waals surface area contributed by atoms with Crippen LogP contribution in [0.4, 0.5) is 0 Å². The SMILES string of the molecule is Cc1cccc2c(=O)c3ccc(OCC(O)CNC(C)(C)C)cc3oc12. The van der Waals surface area contributed by atoms with Crippen molar-refractivity contribution in [1.82, 2.24) is 5.32 Å². The Morgan fingerprint density at radius 3 is 2.69 bits per heavy atom. The van der Waals surface area contributed by atoms with Crippen LogP contribution in [-0.2, 0) is 0 Å². The smallest absolute Gasteiger partial charge is 0.200 e. The molecule has 1 unspecified atom stereocenters. The minimum atomic E-state index is -0.629. The Labute approximate surface area is 152 Å². The Bertz CT molecular complexity index is 985. The number of aliphatic hydroxyl groups excluding tert-OH is 1. The van der Waals surface area contributed by atoms with Crippen molar-refractivity contribution < 1.29 is 14.3 Å². The number of hydrogen-bond donors (Lipinski definition) is 2. The van der Waals surface area contributed by atoms with Crippen LogP contribution >= 0.6 is 0 Å². The van der Waals surface area contributed by atoms with E-state index in [0.29, 0.717) is 34.2 Å². The highest BCUT2D eigenvalue weighted by molar-refractivity contribution is 5.91. The van der Waals surface area contributed by atoms with Crippen molar-refractivity contribution in [3.63, 3.8) is 0 Å². The zero-order valence-electron chi connectivity index (χ0n) is 15.6. The van der Waals surface area contributed by atoms with Crippen LogP contribution < -0.4 is 15.5 Å². The Hall–Kier alpha value is -2.37. The molecular formula is C21H25NO4. The highest BCUT2D eigenvalue weighted by Gasteiger charge is 2.14. The van der Waals surface area contributed by atoms with Gasteiger partial charge >= 0.3 is 0 Å². The topological polar surface area (TPSA) is 71.7 Å².